The van der Waals surface area contributed by atoms with Gasteiger partial charge in [0.2, 0.25) is 5.91 Å². The Hall–Kier alpha value is -2.38. The summed E-state index contributed by atoms with van der Waals surface area (Å²) in [5, 5.41) is 2.42. The van der Waals surface area contributed by atoms with Crippen molar-refractivity contribution in [2.45, 2.75) is 32.5 Å². The number of anilines is 1. The summed E-state index contributed by atoms with van der Waals surface area (Å²) in [5.41, 5.74) is 1.56. The van der Waals surface area contributed by atoms with Crippen molar-refractivity contribution in [2.24, 2.45) is 0 Å². The fraction of sp³-hybridized carbons (Fsp3) is 0.435. The van der Waals surface area contributed by atoms with E-state index in [9.17, 15) is 18.0 Å². The maximum atomic E-state index is 13.1. The first-order valence-corrected chi connectivity index (χ1v) is 10.2. The molecule has 4 nitrogen and oxygen atoms in total. The maximum Gasteiger partial charge on any atom is 0.418 e. The molecule has 162 valence electrons. The van der Waals surface area contributed by atoms with Gasteiger partial charge >= 0.3 is 6.18 Å². The first kappa shape index (κ1) is 22.3. The molecular formula is C23H28F3N3O. The standard InChI is InChI=1S/C23H28F3N3O/c1-17(2)19-9-7-18(8-10-19)15-28-11-13-29(14-12-28)16-22(30)27-21-6-4-3-5-20(21)23(24,25)26/h3-10,17H,11-16H2,1-2H3,(H,27,30). The summed E-state index contributed by atoms with van der Waals surface area (Å²) in [5.74, 6) is 0.0845. The van der Waals surface area contributed by atoms with Gasteiger partial charge in [-0.05, 0) is 29.2 Å². The number of carbonyl (C=O) groups excluding carboxylic acids is 1. The molecule has 1 fully saturated rings. The van der Waals surface area contributed by atoms with Crippen LogP contribution in [-0.2, 0) is 17.5 Å². The van der Waals surface area contributed by atoms with Gasteiger partial charge in [-0.25, -0.2) is 0 Å². The number of carbonyl (C=O) groups is 1. The summed E-state index contributed by atoms with van der Waals surface area (Å²) < 4.78 is 39.2. The van der Waals surface area contributed by atoms with Gasteiger partial charge in [-0.3, -0.25) is 14.6 Å². The number of nitrogens with zero attached hydrogens (tertiary/aromatic N) is 2. The van der Waals surface area contributed by atoms with Gasteiger partial charge in [0.1, 0.15) is 0 Å². The van der Waals surface area contributed by atoms with E-state index in [2.05, 4.69) is 48.3 Å². The summed E-state index contributed by atoms with van der Waals surface area (Å²) in [6, 6.07) is 13.7. The van der Waals surface area contributed by atoms with Gasteiger partial charge in [-0.1, -0.05) is 50.2 Å². The van der Waals surface area contributed by atoms with Gasteiger partial charge < -0.3 is 5.32 Å². The molecule has 0 unspecified atom stereocenters. The molecular weight excluding hydrogens is 391 g/mol. The smallest absolute Gasteiger partial charge is 0.324 e. The van der Waals surface area contributed by atoms with E-state index in [-0.39, 0.29) is 12.2 Å². The van der Waals surface area contributed by atoms with Gasteiger partial charge in [0.05, 0.1) is 17.8 Å². The lowest BCUT2D eigenvalue weighted by molar-refractivity contribution is -0.137. The number of hydrogen-bond donors (Lipinski definition) is 1. The highest BCUT2D eigenvalue weighted by Crippen LogP contribution is 2.34. The second-order valence-corrected chi connectivity index (χ2v) is 8.04. The van der Waals surface area contributed by atoms with E-state index in [0.717, 1.165) is 25.7 Å². The number of alkyl halides is 3. The summed E-state index contributed by atoms with van der Waals surface area (Å²) in [4.78, 5) is 16.6. The molecule has 1 N–H and O–H groups in total. The number of hydrogen-bond acceptors (Lipinski definition) is 3. The highest BCUT2D eigenvalue weighted by molar-refractivity contribution is 5.93. The van der Waals surface area contributed by atoms with Gasteiger partial charge in [-0.15, -0.1) is 0 Å². The van der Waals surface area contributed by atoms with Crippen molar-refractivity contribution in [1.29, 1.82) is 0 Å². The van der Waals surface area contributed by atoms with Crippen molar-refractivity contribution < 1.29 is 18.0 Å². The van der Waals surface area contributed by atoms with E-state index in [1.807, 2.05) is 4.90 Å². The van der Waals surface area contributed by atoms with Crippen LogP contribution in [0.25, 0.3) is 0 Å². The van der Waals surface area contributed by atoms with Crippen LogP contribution >= 0.6 is 0 Å². The highest BCUT2D eigenvalue weighted by atomic mass is 19.4. The predicted octanol–water partition coefficient (Wildman–Crippen LogP) is 4.59. The van der Waals surface area contributed by atoms with Crippen molar-refractivity contribution in [2.75, 3.05) is 38.0 Å². The first-order chi connectivity index (χ1) is 14.2. The van der Waals surface area contributed by atoms with Gasteiger partial charge in [0.15, 0.2) is 0 Å². The summed E-state index contributed by atoms with van der Waals surface area (Å²) in [7, 11) is 0. The quantitative estimate of drug-likeness (QED) is 0.744. The van der Waals surface area contributed by atoms with E-state index in [4.69, 9.17) is 0 Å². The van der Waals surface area contributed by atoms with Crippen LogP contribution in [0.4, 0.5) is 18.9 Å². The van der Waals surface area contributed by atoms with Crippen LogP contribution in [0, 0.1) is 0 Å². The number of benzene rings is 2. The Morgan fingerprint density at radius 1 is 0.967 bits per heavy atom. The van der Waals surface area contributed by atoms with Crippen LogP contribution in [0.2, 0.25) is 0 Å². The minimum atomic E-state index is -4.50. The molecule has 0 radical (unpaired) electrons. The average Bonchev–Trinajstić information content (AvgIpc) is 2.69. The highest BCUT2D eigenvalue weighted by Gasteiger charge is 2.33. The molecule has 1 aliphatic rings. The Morgan fingerprint density at radius 2 is 1.57 bits per heavy atom. The van der Waals surface area contributed by atoms with Crippen molar-refractivity contribution in [1.82, 2.24) is 9.80 Å². The zero-order valence-electron chi connectivity index (χ0n) is 17.4. The average molecular weight is 419 g/mol. The molecule has 7 heteroatoms. The largest absolute Gasteiger partial charge is 0.418 e. The Kier molecular flexibility index (Phi) is 7.15. The second-order valence-electron chi connectivity index (χ2n) is 8.04. The topological polar surface area (TPSA) is 35.6 Å². The number of rotatable bonds is 6. The minimum Gasteiger partial charge on any atom is -0.324 e. The van der Waals surface area contributed by atoms with Gasteiger partial charge in [0, 0.05) is 32.7 Å². The molecule has 1 aliphatic heterocycles. The van der Waals surface area contributed by atoms with Gasteiger partial charge in [-0.2, -0.15) is 13.2 Å². The molecule has 0 atom stereocenters. The maximum absolute atomic E-state index is 13.1. The predicted molar refractivity (Wildman–Crippen MR) is 112 cm³/mol. The molecule has 3 rings (SSSR count). The van der Waals surface area contributed by atoms with E-state index < -0.39 is 17.6 Å². The van der Waals surface area contributed by atoms with Crippen molar-refractivity contribution >= 4 is 11.6 Å². The molecule has 0 aromatic heterocycles. The van der Waals surface area contributed by atoms with Crippen molar-refractivity contribution in [3.05, 3.63) is 65.2 Å². The minimum absolute atomic E-state index is 0.0864. The van der Waals surface area contributed by atoms with Crippen LogP contribution in [0.1, 0.15) is 36.5 Å². The summed E-state index contributed by atoms with van der Waals surface area (Å²) >= 11 is 0. The summed E-state index contributed by atoms with van der Waals surface area (Å²) in [6.07, 6.45) is -4.50. The van der Waals surface area contributed by atoms with Crippen molar-refractivity contribution in [3.8, 4) is 0 Å². The third kappa shape index (κ3) is 6.06. The number of nitrogens with one attached hydrogen (secondary N) is 1. The number of halogens is 3. The molecule has 2 aromatic carbocycles. The lowest BCUT2D eigenvalue weighted by Gasteiger charge is -2.34. The monoisotopic (exact) mass is 419 g/mol. The molecule has 0 spiro atoms. The zero-order chi connectivity index (χ0) is 21.7. The molecule has 0 aliphatic carbocycles. The van der Waals surface area contributed by atoms with E-state index in [0.29, 0.717) is 19.0 Å². The van der Waals surface area contributed by atoms with E-state index in [1.54, 1.807) is 0 Å². The molecule has 30 heavy (non-hydrogen) atoms. The molecule has 1 heterocycles. The van der Waals surface area contributed by atoms with Crippen LogP contribution in [0.5, 0.6) is 0 Å². The Morgan fingerprint density at radius 3 is 2.17 bits per heavy atom. The lowest BCUT2D eigenvalue weighted by Crippen LogP contribution is -2.48. The third-order valence-electron chi connectivity index (χ3n) is 5.39. The Bertz CT molecular complexity index is 842. The van der Waals surface area contributed by atoms with Crippen LogP contribution < -0.4 is 5.32 Å². The summed E-state index contributed by atoms with van der Waals surface area (Å²) in [6.45, 7) is 8.34. The number of piperazine rings is 1. The van der Waals surface area contributed by atoms with E-state index in [1.165, 1.54) is 29.3 Å². The molecule has 0 saturated carbocycles. The Balaban J connectivity index is 1.47. The molecule has 1 amide bonds. The molecule has 1 saturated heterocycles. The van der Waals surface area contributed by atoms with Crippen LogP contribution in [0.15, 0.2) is 48.5 Å². The SMILES string of the molecule is CC(C)c1ccc(CN2CCN(CC(=O)Nc3ccccc3C(F)(F)F)CC2)cc1. The first-order valence-electron chi connectivity index (χ1n) is 10.2. The lowest BCUT2D eigenvalue weighted by atomic mass is 10.0. The van der Waals surface area contributed by atoms with E-state index >= 15 is 0 Å². The second kappa shape index (κ2) is 9.62. The Labute approximate surface area is 175 Å². The van der Waals surface area contributed by atoms with Crippen LogP contribution in [-0.4, -0.2) is 48.4 Å². The van der Waals surface area contributed by atoms with Gasteiger partial charge in [0.25, 0.3) is 0 Å². The fourth-order valence-electron chi connectivity index (χ4n) is 3.60. The number of amides is 1. The normalized spacial score (nSPS) is 16.1. The third-order valence-corrected chi connectivity index (χ3v) is 5.39. The fourth-order valence-corrected chi connectivity index (χ4v) is 3.60. The number of para-hydroxylation sites is 1. The van der Waals surface area contributed by atoms with Crippen molar-refractivity contribution in [3.63, 3.8) is 0 Å². The molecule has 0 bridgehead atoms. The zero-order valence-corrected chi connectivity index (χ0v) is 17.4. The molecule has 2 aromatic rings. The van der Waals surface area contributed by atoms with Crippen LogP contribution in [0.3, 0.4) is 0 Å².